The van der Waals surface area contributed by atoms with Gasteiger partial charge in [-0.1, -0.05) is 12.1 Å². The number of rotatable bonds is 5. The van der Waals surface area contributed by atoms with Crippen LogP contribution in [0.25, 0.3) is 0 Å². The summed E-state index contributed by atoms with van der Waals surface area (Å²) in [7, 11) is 1.92. The summed E-state index contributed by atoms with van der Waals surface area (Å²) in [5.41, 5.74) is 1.07. The molecule has 0 spiro atoms. The van der Waals surface area contributed by atoms with E-state index in [2.05, 4.69) is 60.5 Å². The van der Waals surface area contributed by atoms with E-state index in [1.165, 1.54) is 4.88 Å². The number of nitrogens with zero attached hydrogens (tertiary/aromatic N) is 3. The Labute approximate surface area is 127 Å². The van der Waals surface area contributed by atoms with Gasteiger partial charge < -0.3 is 5.32 Å². The molecule has 0 aliphatic carbocycles. The van der Waals surface area contributed by atoms with Gasteiger partial charge in [0.25, 0.3) is 0 Å². The predicted octanol–water partition coefficient (Wildman–Crippen LogP) is 3.49. The molecule has 0 aliphatic rings. The molecule has 18 heavy (non-hydrogen) atoms. The van der Waals surface area contributed by atoms with Crippen LogP contribution in [0.1, 0.15) is 30.0 Å². The van der Waals surface area contributed by atoms with Crippen LogP contribution in [0.5, 0.6) is 0 Å². The molecule has 1 unspecified atom stereocenters. The third kappa shape index (κ3) is 3.01. The molecule has 2 rings (SSSR count). The summed E-state index contributed by atoms with van der Waals surface area (Å²) in [6.45, 7) is 3.12. The van der Waals surface area contributed by atoms with Gasteiger partial charge in [-0.3, -0.25) is 4.68 Å². The van der Waals surface area contributed by atoms with Crippen LogP contribution in [-0.2, 0) is 7.05 Å². The quantitative estimate of drug-likeness (QED) is 0.845. The molecule has 1 atom stereocenters. The Morgan fingerprint density at radius 1 is 1.50 bits per heavy atom. The molecule has 2 aromatic heterocycles. The molecule has 0 aromatic carbocycles. The van der Waals surface area contributed by atoms with E-state index in [0.29, 0.717) is 0 Å². The Hall–Kier alpha value is -0.240. The lowest BCUT2D eigenvalue weighted by molar-refractivity contribution is 0.556. The van der Waals surface area contributed by atoms with Gasteiger partial charge in [0.1, 0.15) is 0 Å². The van der Waals surface area contributed by atoms with E-state index in [9.17, 15) is 0 Å². The number of halogens is 2. The second-order valence-electron chi connectivity index (χ2n) is 3.94. The lowest BCUT2D eigenvalue weighted by Gasteiger charge is -2.16. The van der Waals surface area contributed by atoms with Crippen LogP contribution in [-0.4, -0.2) is 21.5 Å². The van der Waals surface area contributed by atoms with Crippen molar-refractivity contribution in [2.24, 2.45) is 7.05 Å². The topological polar surface area (TPSA) is 42.7 Å². The fourth-order valence-electron chi connectivity index (χ4n) is 1.70. The zero-order chi connectivity index (χ0) is 13.1. The van der Waals surface area contributed by atoms with Crippen molar-refractivity contribution in [3.8, 4) is 0 Å². The minimum atomic E-state index is 0.137. The smallest absolute Gasteiger partial charge is 0.0859 e. The molecule has 0 saturated heterocycles. The Morgan fingerprint density at radius 3 is 2.78 bits per heavy atom. The normalized spacial score (nSPS) is 12.9. The van der Waals surface area contributed by atoms with Crippen LogP contribution in [0.4, 0.5) is 0 Å². The molecule has 98 valence electrons. The monoisotopic (exact) mass is 392 g/mol. The molecular weight excluding hydrogens is 380 g/mol. The van der Waals surface area contributed by atoms with Crippen LogP contribution in [0.15, 0.2) is 20.5 Å². The second kappa shape index (κ2) is 6.27. The second-order valence-corrected chi connectivity index (χ2v) is 7.20. The Balaban J connectivity index is 2.33. The Kier molecular flexibility index (Phi) is 4.94. The van der Waals surface area contributed by atoms with Crippen molar-refractivity contribution < 1.29 is 0 Å². The van der Waals surface area contributed by atoms with Crippen LogP contribution in [0, 0.1) is 0 Å². The zero-order valence-electron chi connectivity index (χ0n) is 10.2. The maximum Gasteiger partial charge on any atom is 0.0859 e. The van der Waals surface area contributed by atoms with E-state index >= 15 is 0 Å². The number of hydrogen-bond donors (Lipinski definition) is 1. The summed E-state index contributed by atoms with van der Waals surface area (Å²) in [6, 6.07) is 2.27. The van der Waals surface area contributed by atoms with Crippen molar-refractivity contribution in [2.75, 3.05) is 6.54 Å². The SMILES string of the molecule is CCCNC(c1cc(Br)c(Br)s1)c1cnnn1C. The highest BCUT2D eigenvalue weighted by Gasteiger charge is 2.20. The van der Waals surface area contributed by atoms with Gasteiger partial charge in [-0.2, -0.15) is 0 Å². The summed E-state index contributed by atoms with van der Waals surface area (Å²) in [6.07, 6.45) is 2.91. The van der Waals surface area contributed by atoms with Gasteiger partial charge in [0, 0.05) is 16.4 Å². The van der Waals surface area contributed by atoms with Crippen molar-refractivity contribution in [3.63, 3.8) is 0 Å². The molecule has 0 amide bonds. The lowest BCUT2D eigenvalue weighted by Crippen LogP contribution is -2.24. The predicted molar refractivity (Wildman–Crippen MR) is 80.9 cm³/mol. The van der Waals surface area contributed by atoms with Gasteiger partial charge in [-0.15, -0.1) is 16.4 Å². The van der Waals surface area contributed by atoms with E-state index < -0.39 is 0 Å². The van der Waals surface area contributed by atoms with Gasteiger partial charge in [-0.05, 0) is 50.9 Å². The summed E-state index contributed by atoms with van der Waals surface area (Å²) in [5.74, 6) is 0. The van der Waals surface area contributed by atoms with Crippen molar-refractivity contribution in [3.05, 3.63) is 31.1 Å². The van der Waals surface area contributed by atoms with E-state index in [0.717, 1.165) is 26.9 Å². The highest BCUT2D eigenvalue weighted by molar-refractivity contribution is 9.13. The fraction of sp³-hybridized carbons (Fsp3) is 0.455. The van der Waals surface area contributed by atoms with Crippen LogP contribution < -0.4 is 5.32 Å². The van der Waals surface area contributed by atoms with Crippen LogP contribution in [0.2, 0.25) is 0 Å². The average molecular weight is 394 g/mol. The molecule has 2 heterocycles. The maximum atomic E-state index is 4.01. The molecule has 4 nitrogen and oxygen atoms in total. The summed E-state index contributed by atoms with van der Waals surface area (Å²) in [5, 5.41) is 11.5. The number of nitrogens with one attached hydrogen (secondary N) is 1. The van der Waals surface area contributed by atoms with Crippen molar-refractivity contribution in [2.45, 2.75) is 19.4 Å². The highest BCUT2D eigenvalue weighted by Crippen LogP contribution is 2.37. The van der Waals surface area contributed by atoms with Crippen molar-refractivity contribution >= 4 is 43.2 Å². The minimum absolute atomic E-state index is 0.137. The Bertz CT molecular complexity index is 503. The number of aryl methyl sites for hydroxylation is 1. The summed E-state index contributed by atoms with van der Waals surface area (Å²) < 4.78 is 4.01. The average Bonchev–Trinajstić information content (AvgIpc) is 2.88. The molecule has 0 radical (unpaired) electrons. The first-order chi connectivity index (χ1) is 8.63. The van der Waals surface area contributed by atoms with Crippen molar-refractivity contribution in [1.29, 1.82) is 0 Å². The molecule has 2 aromatic rings. The zero-order valence-corrected chi connectivity index (χ0v) is 14.1. The molecule has 7 heteroatoms. The third-order valence-electron chi connectivity index (χ3n) is 2.59. The largest absolute Gasteiger partial charge is 0.304 e. The van der Waals surface area contributed by atoms with Gasteiger partial charge in [0.05, 0.1) is 21.7 Å². The fourth-order valence-corrected chi connectivity index (χ4v) is 3.88. The number of thiophene rings is 1. The van der Waals surface area contributed by atoms with E-state index in [1.54, 1.807) is 11.3 Å². The van der Waals surface area contributed by atoms with E-state index in [1.807, 2.05) is 17.9 Å². The first kappa shape index (κ1) is 14.2. The standard InChI is InChI=1S/C11H14Br2N4S/c1-3-4-14-10(8-6-15-16-17(8)2)9-5-7(12)11(13)18-9/h5-6,10,14H,3-4H2,1-2H3. The van der Waals surface area contributed by atoms with Gasteiger partial charge in [0.15, 0.2) is 0 Å². The first-order valence-corrected chi connectivity index (χ1v) is 8.06. The number of hydrogen-bond acceptors (Lipinski definition) is 4. The molecule has 0 saturated carbocycles. The molecule has 0 aliphatic heterocycles. The summed E-state index contributed by atoms with van der Waals surface area (Å²) in [4.78, 5) is 1.24. The minimum Gasteiger partial charge on any atom is -0.304 e. The molecule has 1 N–H and O–H groups in total. The summed E-state index contributed by atoms with van der Waals surface area (Å²) >= 11 is 8.79. The van der Waals surface area contributed by atoms with Crippen LogP contribution >= 0.6 is 43.2 Å². The van der Waals surface area contributed by atoms with Crippen LogP contribution in [0.3, 0.4) is 0 Å². The van der Waals surface area contributed by atoms with E-state index in [4.69, 9.17) is 0 Å². The lowest BCUT2D eigenvalue weighted by atomic mass is 10.2. The maximum absolute atomic E-state index is 4.01. The molecular formula is C11H14Br2N4S. The number of aromatic nitrogens is 3. The van der Waals surface area contributed by atoms with Crippen molar-refractivity contribution in [1.82, 2.24) is 20.3 Å². The van der Waals surface area contributed by atoms with Gasteiger partial charge >= 0.3 is 0 Å². The first-order valence-electron chi connectivity index (χ1n) is 5.66. The van der Waals surface area contributed by atoms with Gasteiger partial charge in [0.2, 0.25) is 0 Å². The molecule has 0 bridgehead atoms. The van der Waals surface area contributed by atoms with Gasteiger partial charge in [-0.25, -0.2) is 0 Å². The highest BCUT2D eigenvalue weighted by atomic mass is 79.9. The Morgan fingerprint density at radius 2 is 2.28 bits per heavy atom. The molecule has 0 fully saturated rings. The van der Waals surface area contributed by atoms with E-state index in [-0.39, 0.29) is 6.04 Å². The third-order valence-corrected chi connectivity index (χ3v) is 5.91.